The van der Waals surface area contributed by atoms with Gasteiger partial charge in [0.2, 0.25) is 5.91 Å². The highest BCUT2D eigenvalue weighted by Crippen LogP contribution is 2.19. The number of carbonyl (C=O) groups is 1. The Morgan fingerprint density at radius 2 is 2.00 bits per heavy atom. The predicted octanol–water partition coefficient (Wildman–Crippen LogP) is 2.86. The molecule has 1 aromatic carbocycles. The average Bonchev–Trinajstić information content (AvgIpc) is 3.04. The Bertz CT molecular complexity index is 595. The lowest BCUT2D eigenvalue weighted by Crippen LogP contribution is -2.29. The smallest absolute Gasteiger partial charge is 0.223 e. The highest BCUT2D eigenvalue weighted by atomic mass is 16.5. The molecule has 124 valence electrons. The predicted molar refractivity (Wildman–Crippen MR) is 90.8 cm³/mol. The molecular formula is C18H25N3O2. The summed E-state index contributed by atoms with van der Waals surface area (Å²) in [5.74, 6) is 1.03. The van der Waals surface area contributed by atoms with Crippen LogP contribution >= 0.6 is 0 Å². The number of carbonyl (C=O) groups excluding carboxylic acids is 1. The summed E-state index contributed by atoms with van der Waals surface area (Å²) < 4.78 is 5.39. The van der Waals surface area contributed by atoms with Crippen molar-refractivity contribution < 1.29 is 9.32 Å². The number of nitrogens with two attached hydrogens (primary N) is 1. The number of benzene rings is 1. The maximum Gasteiger partial charge on any atom is 0.223 e. The molecule has 0 bridgehead atoms. The van der Waals surface area contributed by atoms with Crippen LogP contribution < -0.4 is 5.73 Å². The first-order valence-corrected chi connectivity index (χ1v) is 8.15. The quantitative estimate of drug-likeness (QED) is 0.722. The van der Waals surface area contributed by atoms with Crippen molar-refractivity contribution in [2.45, 2.75) is 32.1 Å². The van der Waals surface area contributed by atoms with Crippen molar-refractivity contribution in [3.8, 4) is 11.3 Å². The van der Waals surface area contributed by atoms with Crippen LogP contribution in [0.5, 0.6) is 0 Å². The van der Waals surface area contributed by atoms with Crippen molar-refractivity contribution in [1.82, 2.24) is 10.1 Å². The molecule has 0 aliphatic carbocycles. The molecule has 0 fully saturated rings. The zero-order valence-electron chi connectivity index (χ0n) is 13.7. The van der Waals surface area contributed by atoms with Crippen molar-refractivity contribution in [2.75, 3.05) is 20.1 Å². The minimum Gasteiger partial charge on any atom is -0.361 e. The fraction of sp³-hybridized carbons (Fsp3) is 0.444. The zero-order valence-corrected chi connectivity index (χ0v) is 13.7. The Hall–Kier alpha value is -2.14. The molecule has 1 aromatic heterocycles. The Morgan fingerprint density at radius 1 is 1.22 bits per heavy atom. The first kappa shape index (κ1) is 17.2. The van der Waals surface area contributed by atoms with Gasteiger partial charge >= 0.3 is 0 Å². The molecule has 0 spiro atoms. The van der Waals surface area contributed by atoms with Gasteiger partial charge in [-0.25, -0.2) is 0 Å². The first-order chi connectivity index (χ1) is 11.2. The topological polar surface area (TPSA) is 72.4 Å². The number of hydrogen-bond acceptors (Lipinski definition) is 4. The van der Waals surface area contributed by atoms with E-state index in [1.807, 2.05) is 43.4 Å². The van der Waals surface area contributed by atoms with Crippen LogP contribution in [0.2, 0.25) is 0 Å². The Labute approximate surface area is 137 Å². The molecule has 0 unspecified atom stereocenters. The van der Waals surface area contributed by atoms with E-state index in [1.54, 1.807) is 4.90 Å². The fourth-order valence-electron chi connectivity index (χ4n) is 2.44. The van der Waals surface area contributed by atoms with E-state index in [9.17, 15) is 4.79 Å². The van der Waals surface area contributed by atoms with Crippen LogP contribution in [0.3, 0.4) is 0 Å². The second kappa shape index (κ2) is 9.10. The van der Waals surface area contributed by atoms with Gasteiger partial charge in [-0.15, -0.1) is 0 Å². The largest absolute Gasteiger partial charge is 0.361 e. The van der Waals surface area contributed by atoms with Gasteiger partial charge in [-0.2, -0.15) is 0 Å². The summed E-state index contributed by atoms with van der Waals surface area (Å²) in [5, 5.41) is 4.12. The molecular weight excluding hydrogens is 290 g/mol. The lowest BCUT2D eigenvalue weighted by atomic mass is 10.1. The molecule has 0 radical (unpaired) electrons. The summed E-state index contributed by atoms with van der Waals surface area (Å²) >= 11 is 0. The van der Waals surface area contributed by atoms with Crippen LogP contribution in [-0.4, -0.2) is 36.1 Å². The van der Waals surface area contributed by atoms with E-state index in [1.165, 1.54) is 0 Å². The second-order valence-electron chi connectivity index (χ2n) is 5.71. The van der Waals surface area contributed by atoms with E-state index < -0.39 is 0 Å². The maximum absolute atomic E-state index is 11.6. The molecule has 0 atom stereocenters. The summed E-state index contributed by atoms with van der Waals surface area (Å²) in [7, 11) is 1.83. The summed E-state index contributed by atoms with van der Waals surface area (Å²) in [4.78, 5) is 13.3. The molecule has 1 amide bonds. The van der Waals surface area contributed by atoms with Gasteiger partial charge in [0.15, 0.2) is 0 Å². The zero-order chi connectivity index (χ0) is 16.5. The Kier molecular flexibility index (Phi) is 6.81. The molecule has 23 heavy (non-hydrogen) atoms. The highest BCUT2D eigenvalue weighted by Gasteiger charge is 2.08. The minimum atomic E-state index is 0.121. The monoisotopic (exact) mass is 315 g/mol. The van der Waals surface area contributed by atoms with E-state index in [-0.39, 0.29) is 5.91 Å². The third-order valence-corrected chi connectivity index (χ3v) is 3.83. The number of aromatic nitrogens is 1. The van der Waals surface area contributed by atoms with Crippen LogP contribution in [0.25, 0.3) is 11.3 Å². The van der Waals surface area contributed by atoms with E-state index in [0.29, 0.717) is 13.0 Å². The van der Waals surface area contributed by atoms with Crippen molar-refractivity contribution >= 4 is 5.91 Å². The molecule has 0 saturated carbocycles. The van der Waals surface area contributed by atoms with Crippen LogP contribution in [-0.2, 0) is 11.2 Å². The van der Waals surface area contributed by atoms with Gasteiger partial charge in [0, 0.05) is 44.6 Å². The molecule has 5 nitrogen and oxygen atoms in total. The van der Waals surface area contributed by atoms with Gasteiger partial charge in [-0.1, -0.05) is 41.9 Å². The second-order valence-corrected chi connectivity index (χ2v) is 5.71. The number of rotatable bonds is 9. The van der Waals surface area contributed by atoms with E-state index in [2.05, 4.69) is 5.16 Å². The number of hydrogen-bond donors (Lipinski definition) is 1. The van der Waals surface area contributed by atoms with Crippen LogP contribution in [0.4, 0.5) is 0 Å². The van der Waals surface area contributed by atoms with Gasteiger partial charge in [-0.3, -0.25) is 4.79 Å². The van der Waals surface area contributed by atoms with Crippen molar-refractivity contribution in [1.29, 1.82) is 0 Å². The van der Waals surface area contributed by atoms with Gasteiger partial charge in [0.1, 0.15) is 11.5 Å². The van der Waals surface area contributed by atoms with Crippen molar-refractivity contribution in [2.24, 2.45) is 5.73 Å². The summed E-state index contributed by atoms with van der Waals surface area (Å²) in [6.45, 7) is 1.20. The molecule has 2 rings (SSSR count). The first-order valence-electron chi connectivity index (χ1n) is 8.15. The fourth-order valence-corrected chi connectivity index (χ4v) is 2.44. The normalized spacial score (nSPS) is 10.7. The van der Waals surface area contributed by atoms with E-state index in [4.69, 9.17) is 10.3 Å². The summed E-state index contributed by atoms with van der Waals surface area (Å²) in [5.41, 5.74) is 7.34. The van der Waals surface area contributed by atoms with Crippen molar-refractivity contribution in [3.63, 3.8) is 0 Å². The van der Waals surface area contributed by atoms with Crippen molar-refractivity contribution in [3.05, 3.63) is 42.2 Å². The van der Waals surface area contributed by atoms with Gasteiger partial charge in [0.05, 0.1) is 0 Å². The number of aryl methyl sites for hydroxylation is 1. The summed E-state index contributed by atoms with van der Waals surface area (Å²) in [6.07, 6.45) is 4.38. The maximum atomic E-state index is 11.6. The SMILES string of the molecule is CN(CCCCCc1cc(-c2ccccc2)no1)C(=O)CCN. The molecule has 5 heteroatoms. The molecule has 2 N–H and O–H groups in total. The minimum absolute atomic E-state index is 0.121. The van der Waals surface area contributed by atoms with Gasteiger partial charge < -0.3 is 15.2 Å². The summed E-state index contributed by atoms with van der Waals surface area (Å²) in [6, 6.07) is 12.0. The lowest BCUT2D eigenvalue weighted by Gasteiger charge is -2.16. The lowest BCUT2D eigenvalue weighted by molar-refractivity contribution is -0.129. The third kappa shape index (κ3) is 5.53. The standard InChI is InChI=1S/C18H25N3O2/c1-21(18(22)11-12-19)13-7-3-6-10-16-14-17(20-23-16)15-8-4-2-5-9-15/h2,4-5,8-9,14H,3,6-7,10-13,19H2,1H3. The van der Waals surface area contributed by atoms with Crippen LogP contribution in [0.1, 0.15) is 31.4 Å². The Morgan fingerprint density at radius 3 is 2.74 bits per heavy atom. The molecule has 0 aliphatic heterocycles. The molecule has 0 aliphatic rings. The number of nitrogens with zero attached hydrogens (tertiary/aromatic N) is 2. The Balaban J connectivity index is 1.67. The molecule has 1 heterocycles. The van der Waals surface area contributed by atoms with E-state index >= 15 is 0 Å². The van der Waals surface area contributed by atoms with Crippen LogP contribution in [0, 0.1) is 0 Å². The number of amides is 1. The van der Waals surface area contributed by atoms with Gasteiger partial charge in [-0.05, 0) is 12.8 Å². The third-order valence-electron chi connectivity index (χ3n) is 3.83. The highest BCUT2D eigenvalue weighted by molar-refractivity contribution is 5.75. The van der Waals surface area contributed by atoms with Gasteiger partial charge in [0.25, 0.3) is 0 Å². The average molecular weight is 315 g/mol. The molecule has 2 aromatic rings. The van der Waals surface area contributed by atoms with Crippen LogP contribution in [0.15, 0.2) is 40.9 Å². The number of unbranched alkanes of at least 4 members (excludes halogenated alkanes) is 2. The molecule has 0 saturated heterocycles. The van der Waals surface area contributed by atoms with E-state index in [0.717, 1.165) is 49.2 Å².